The summed E-state index contributed by atoms with van der Waals surface area (Å²) in [6.07, 6.45) is 10.2. The van der Waals surface area contributed by atoms with Gasteiger partial charge in [-0.05, 0) is 42.2 Å². The number of hydrogen-bond donors (Lipinski definition) is 5. The molecule has 2 aromatic rings. The molecule has 0 aliphatic heterocycles. The van der Waals surface area contributed by atoms with Gasteiger partial charge in [-0.2, -0.15) is 0 Å². The smallest absolute Gasteiger partial charge is 0.243 e. The molecule has 0 aromatic heterocycles. The van der Waals surface area contributed by atoms with E-state index in [1.807, 2.05) is 74.5 Å². The first-order chi connectivity index (χ1) is 22.7. The molecule has 1 saturated carbocycles. The highest BCUT2D eigenvalue weighted by atomic mass is 32.2. The minimum Gasteiger partial charge on any atom is -0.390 e. The Labute approximate surface area is 284 Å². The first kappa shape index (κ1) is 38.4. The molecule has 2 aromatic carbocycles. The molecule has 6 atom stereocenters. The second-order valence-corrected chi connectivity index (χ2v) is 15.0. The van der Waals surface area contributed by atoms with Gasteiger partial charge in [0.1, 0.15) is 12.1 Å². The minimum absolute atomic E-state index is 0.0388. The summed E-state index contributed by atoms with van der Waals surface area (Å²) in [4.78, 5) is 27.4. The van der Waals surface area contributed by atoms with Crippen molar-refractivity contribution in [1.82, 2.24) is 16.0 Å². The van der Waals surface area contributed by atoms with E-state index < -0.39 is 46.9 Å². The van der Waals surface area contributed by atoms with E-state index in [1.54, 1.807) is 0 Å². The van der Waals surface area contributed by atoms with Gasteiger partial charge in [-0.25, -0.2) is 0 Å². The number of carbonyl (C=O) groups excluding carboxylic acids is 2. The summed E-state index contributed by atoms with van der Waals surface area (Å²) >= 11 is 0. The Balaban J connectivity index is 1.68. The molecule has 0 spiro atoms. The van der Waals surface area contributed by atoms with Crippen LogP contribution in [-0.4, -0.2) is 68.6 Å². The van der Waals surface area contributed by atoms with Crippen molar-refractivity contribution in [3.05, 3.63) is 71.8 Å². The van der Waals surface area contributed by atoms with Crippen LogP contribution in [0.1, 0.15) is 76.3 Å². The molecule has 2 unspecified atom stereocenters. The van der Waals surface area contributed by atoms with Crippen LogP contribution in [0.3, 0.4) is 0 Å². The van der Waals surface area contributed by atoms with Crippen LogP contribution < -0.4 is 16.0 Å². The lowest BCUT2D eigenvalue weighted by Gasteiger charge is -2.33. The van der Waals surface area contributed by atoms with Crippen molar-refractivity contribution in [2.24, 2.45) is 17.8 Å². The molecule has 2 amide bonds. The summed E-state index contributed by atoms with van der Waals surface area (Å²) < 4.78 is 13.2. The van der Waals surface area contributed by atoms with E-state index in [0.717, 1.165) is 36.8 Å². The number of benzene rings is 2. The van der Waals surface area contributed by atoms with Crippen molar-refractivity contribution in [3.63, 3.8) is 0 Å². The quantitative estimate of drug-likeness (QED) is 0.107. The number of terminal acetylenes is 1. The first-order valence-corrected chi connectivity index (χ1v) is 18.7. The SMILES string of the molecule is C#CC[C@H](NC(=O)C(Cc1ccccc1)CS(=O)CCNCc1ccccc1)C(=O)N[C@@H](CC1CCCCC1)[C@@H](O)[C@@H](O)CC(C)C. The van der Waals surface area contributed by atoms with Crippen LogP contribution in [0.25, 0.3) is 0 Å². The van der Waals surface area contributed by atoms with Gasteiger partial charge < -0.3 is 26.2 Å². The lowest BCUT2D eigenvalue weighted by Crippen LogP contribution is -2.56. The summed E-state index contributed by atoms with van der Waals surface area (Å²) in [6, 6.07) is 17.8. The van der Waals surface area contributed by atoms with E-state index in [1.165, 1.54) is 6.42 Å². The van der Waals surface area contributed by atoms with Gasteiger partial charge in [0.25, 0.3) is 0 Å². The highest BCUT2D eigenvalue weighted by molar-refractivity contribution is 7.85. The molecule has 0 heterocycles. The van der Waals surface area contributed by atoms with Gasteiger partial charge in [-0.1, -0.05) is 107 Å². The zero-order valence-electron chi connectivity index (χ0n) is 28.1. The Morgan fingerprint density at radius 3 is 2.19 bits per heavy atom. The Hall–Kier alpha value is -3.03. The number of amides is 2. The molecule has 8 nitrogen and oxygen atoms in total. The summed E-state index contributed by atoms with van der Waals surface area (Å²) in [5, 5.41) is 31.1. The molecule has 3 rings (SSSR count). The van der Waals surface area contributed by atoms with Crippen molar-refractivity contribution in [2.45, 2.75) is 102 Å². The average molecular weight is 666 g/mol. The fourth-order valence-electron chi connectivity index (χ4n) is 6.30. The van der Waals surface area contributed by atoms with Crippen molar-refractivity contribution in [1.29, 1.82) is 0 Å². The van der Waals surface area contributed by atoms with Gasteiger partial charge in [0.05, 0.1) is 18.1 Å². The molecule has 1 fully saturated rings. The minimum atomic E-state index is -1.29. The van der Waals surface area contributed by atoms with Crippen molar-refractivity contribution in [2.75, 3.05) is 18.1 Å². The standard InChI is InChI=1S/C38H55N3O5S/c1-4-14-33(38(45)41-34(25-30-17-10-6-11-18-30)36(43)35(42)23-28(2)3)40-37(44)32(24-29-15-8-5-9-16-29)27-47(46)22-21-39-26-31-19-12-7-13-20-31/h1,5,7-9,12-13,15-16,19-20,28,30,32-36,39,42-43H,6,10-11,14,17-18,21-27H2,2-3H3,(H,40,44)(H,41,45)/t32?,33-,34-,35-,36+,47?/m0/s1. The van der Waals surface area contributed by atoms with Gasteiger partial charge in [0.2, 0.25) is 11.8 Å². The average Bonchev–Trinajstić information content (AvgIpc) is 3.06. The summed E-state index contributed by atoms with van der Waals surface area (Å²) in [7, 11) is -1.29. The largest absolute Gasteiger partial charge is 0.390 e. The van der Waals surface area contributed by atoms with E-state index in [4.69, 9.17) is 6.42 Å². The maximum Gasteiger partial charge on any atom is 0.243 e. The monoisotopic (exact) mass is 665 g/mol. The van der Waals surface area contributed by atoms with E-state index in [9.17, 15) is 24.0 Å². The number of carbonyl (C=O) groups is 2. The molecule has 0 saturated heterocycles. The third-order valence-corrected chi connectivity index (χ3v) is 10.3. The van der Waals surface area contributed by atoms with E-state index in [2.05, 4.69) is 21.9 Å². The predicted molar refractivity (Wildman–Crippen MR) is 190 cm³/mol. The highest BCUT2D eigenvalue weighted by Gasteiger charge is 2.34. The van der Waals surface area contributed by atoms with Crippen LogP contribution in [0.4, 0.5) is 0 Å². The van der Waals surface area contributed by atoms with Crippen molar-refractivity contribution in [3.8, 4) is 12.3 Å². The number of rotatable bonds is 20. The highest BCUT2D eigenvalue weighted by Crippen LogP contribution is 2.29. The maximum atomic E-state index is 13.8. The molecule has 258 valence electrons. The van der Waals surface area contributed by atoms with Crippen LogP contribution in [0.5, 0.6) is 0 Å². The Morgan fingerprint density at radius 1 is 0.936 bits per heavy atom. The van der Waals surface area contributed by atoms with Gasteiger partial charge >= 0.3 is 0 Å². The van der Waals surface area contributed by atoms with E-state index >= 15 is 0 Å². The lowest BCUT2D eigenvalue weighted by molar-refractivity contribution is -0.132. The second kappa shape index (κ2) is 21.0. The molecule has 0 radical (unpaired) electrons. The topological polar surface area (TPSA) is 128 Å². The molecular formula is C38H55N3O5S. The third-order valence-electron chi connectivity index (χ3n) is 8.88. The summed E-state index contributed by atoms with van der Waals surface area (Å²) in [5.74, 6) is 2.03. The zero-order chi connectivity index (χ0) is 34.0. The molecular weight excluding hydrogens is 611 g/mol. The number of aliphatic hydroxyl groups excluding tert-OH is 2. The van der Waals surface area contributed by atoms with Gasteiger partial charge in [-0.3, -0.25) is 13.8 Å². The molecule has 1 aliphatic carbocycles. The number of aliphatic hydroxyl groups is 2. The number of nitrogens with one attached hydrogen (secondary N) is 3. The number of hydrogen-bond acceptors (Lipinski definition) is 6. The van der Waals surface area contributed by atoms with Crippen molar-refractivity contribution < 1.29 is 24.0 Å². The third kappa shape index (κ3) is 14.3. The Kier molecular flexibility index (Phi) is 17.2. The molecule has 9 heteroatoms. The van der Waals surface area contributed by atoms with Crippen molar-refractivity contribution >= 4 is 22.6 Å². The first-order valence-electron chi connectivity index (χ1n) is 17.2. The Bertz CT molecular complexity index is 1260. The zero-order valence-corrected chi connectivity index (χ0v) is 28.9. The predicted octanol–water partition coefficient (Wildman–Crippen LogP) is 4.12. The molecule has 1 aliphatic rings. The van der Waals surface area contributed by atoms with E-state index in [-0.39, 0.29) is 24.0 Å². The van der Waals surface area contributed by atoms with Crippen LogP contribution in [-0.2, 0) is 33.4 Å². The van der Waals surface area contributed by atoms with Crippen LogP contribution >= 0.6 is 0 Å². The maximum absolute atomic E-state index is 13.8. The normalized spacial score (nSPS) is 17.5. The van der Waals surface area contributed by atoms with Gasteiger partial charge in [0, 0.05) is 41.8 Å². The van der Waals surface area contributed by atoms with E-state index in [0.29, 0.717) is 44.0 Å². The summed E-state index contributed by atoms with van der Waals surface area (Å²) in [5.41, 5.74) is 2.07. The van der Waals surface area contributed by atoms with Gasteiger partial charge in [-0.15, -0.1) is 12.3 Å². The van der Waals surface area contributed by atoms with Crippen LogP contribution in [0.2, 0.25) is 0 Å². The summed E-state index contributed by atoms with van der Waals surface area (Å²) in [6.45, 7) is 5.16. The molecule has 0 bridgehead atoms. The second-order valence-electron chi connectivity index (χ2n) is 13.4. The fourth-order valence-corrected chi connectivity index (χ4v) is 7.56. The van der Waals surface area contributed by atoms with Crippen LogP contribution in [0, 0.1) is 30.1 Å². The van der Waals surface area contributed by atoms with Gasteiger partial charge in [0.15, 0.2) is 0 Å². The van der Waals surface area contributed by atoms with Crippen LogP contribution in [0.15, 0.2) is 60.7 Å². The molecule has 5 N–H and O–H groups in total. The fraction of sp³-hybridized carbons (Fsp3) is 0.579. The lowest BCUT2D eigenvalue weighted by atomic mass is 9.82. The Morgan fingerprint density at radius 2 is 1.57 bits per heavy atom. The molecule has 47 heavy (non-hydrogen) atoms.